The van der Waals surface area contributed by atoms with Crippen molar-refractivity contribution in [2.75, 3.05) is 18.0 Å². The van der Waals surface area contributed by atoms with Crippen molar-refractivity contribution in [3.8, 4) is 0 Å². The molecule has 4 heteroatoms. The van der Waals surface area contributed by atoms with Gasteiger partial charge in [-0.3, -0.25) is 4.98 Å². The Kier molecular flexibility index (Phi) is 4.93. The van der Waals surface area contributed by atoms with Crippen LogP contribution >= 0.6 is 0 Å². The van der Waals surface area contributed by atoms with Crippen LogP contribution in [0.4, 0.5) is 5.82 Å². The summed E-state index contributed by atoms with van der Waals surface area (Å²) in [4.78, 5) is 11.4. The molecular weight excluding hydrogens is 224 g/mol. The van der Waals surface area contributed by atoms with Gasteiger partial charge in [0.15, 0.2) is 0 Å². The Labute approximate surface area is 110 Å². The standard InChI is InChI=1S/C14H24N4/c1-3-7-15-9-13-10-17-14(11-16-13)18-8-5-4-6-12(18)2/h10-12,15H,3-9H2,1-2H3. The third kappa shape index (κ3) is 3.42. The van der Waals surface area contributed by atoms with Crippen LogP contribution in [0.5, 0.6) is 0 Å². The molecule has 0 spiro atoms. The molecule has 1 N–H and O–H groups in total. The number of anilines is 1. The Hall–Kier alpha value is -1.16. The Balaban J connectivity index is 1.94. The van der Waals surface area contributed by atoms with E-state index in [0.717, 1.165) is 37.6 Å². The van der Waals surface area contributed by atoms with Crippen molar-refractivity contribution in [3.05, 3.63) is 18.1 Å². The highest BCUT2D eigenvalue weighted by molar-refractivity contribution is 5.37. The number of rotatable bonds is 5. The molecule has 0 saturated carbocycles. The average molecular weight is 248 g/mol. The van der Waals surface area contributed by atoms with Crippen LogP contribution in [0.3, 0.4) is 0 Å². The van der Waals surface area contributed by atoms with E-state index in [-0.39, 0.29) is 0 Å². The minimum atomic E-state index is 0.595. The summed E-state index contributed by atoms with van der Waals surface area (Å²) in [5.74, 6) is 1.03. The highest BCUT2D eigenvalue weighted by Crippen LogP contribution is 2.21. The molecule has 1 saturated heterocycles. The van der Waals surface area contributed by atoms with Crippen LogP contribution in [0.1, 0.15) is 45.2 Å². The van der Waals surface area contributed by atoms with E-state index in [0.29, 0.717) is 6.04 Å². The summed E-state index contributed by atoms with van der Waals surface area (Å²) in [6.45, 7) is 7.41. The Bertz CT molecular complexity index is 349. The maximum absolute atomic E-state index is 4.55. The van der Waals surface area contributed by atoms with Crippen LogP contribution in [0.2, 0.25) is 0 Å². The molecule has 4 nitrogen and oxygen atoms in total. The number of aromatic nitrogens is 2. The molecule has 0 radical (unpaired) electrons. The monoisotopic (exact) mass is 248 g/mol. The molecule has 100 valence electrons. The van der Waals surface area contributed by atoms with Gasteiger partial charge in [-0.05, 0) is 39.2 Å². The lowest BCUT2D eigenvalue weighted by atomic mass is 10.0. The van der Waals surface area contributed by atoms with Crippen LogP contribution in [0.15, 0.2) is 12.4 Å². The highest BCUT2D eigenvalue weighted by Gasteiger charge is 2.19. The largest absolute Gasteiger partial charge is 0.353 e. The normalized spacial score (nSPS) is 20.1. The van der Waals surface area contributed by atoms with Gasteiger partial charge in [0.2, 0.25) is 0 Å². The lowest BCUT2D eigenvalue weighted by molar-refractivity contribution is 0.480. The Morgan fingerprint density at radius 2 is 2.22 bits per heavy atom. The van der Waals surface area contributed by atoms with E-state index in [9.17, 15) is 0 Å². The zero-order valence-corrected chi connectivity index (χ0v) is 11.5. The molecule has 1 aliphatic rings. The molecule has 0 bridgehead atoms. The predicted molar refractivity (Wildman–Crippen MR) is 74.7 cm³/mol. The van der Waals surface area contributed by atoms with Crippen LogP contribution < -0.4 is 10.2 Å². The lowest BCUT2D eigenvalue weighted by Gasteiger charge is -2.34. The van der Waals surface area contributed by atoms with Gasteiger partial charge in [0.05, 0.1) is 18.1 Å². The van der Waals surface area contributed by atoms with E-state index in [1.54, 1.807) is 0 Å². The second-order valence-electron chi connectivity index (χ2n) is 5.08. The number of nitrogens with zero attached hydrogens (tertiary/aromatic N) is 3. The molecule has 1 fully saturated rings. The van der Waals surface area contributed by atoms with Crippen LogP contribution in [-0.4, -0.2) is 29.1 Å². The molecule has 1 atom stereocenters. The number of nitrogens with one attached hydrogen (secondary N) is 1. The summed E-state index contributed by atoms with van der Waals surface area (Å²) < 4.78 is 0. The van der Waals surface area contributed by atoms with Gasteiger partial charge in [0.25, 0.3) is 0 Å². The van der Waals surface area contributed by atoms with Crippen LogP contribution in [0, 0.1) is 0 Å². The molecule has 1 aromatic heterocycles. The first kappa shape index (κ1) is 13.3. The van der Waals surface area contributed by atoms with E-state index >= 15 is 0 Å². The first-order chi connectivity index (χ1) is 8.81. The molecule has 1 aliphatic heterocycles. The summed E-state index contributed by atoms with van der Waals surface area (Å²) in [7, 11) is 0. The average Bonchev–Trinajstić information content (AvgIpc) is 2.41. The molecule has 0 aliphatic carbocycles. The third-order valence-corrected chi connectivity index (χ3v) is 3.52. The van der Waals surface area contributed by atoms with Crippen molar-refractivity contribution in [1.29, 1.82) is 0 Å². The summed E-state index contributed by atoms with van der Waals surface area (Å²) in [6.07, 6.45) is 8.85. The minimum absolute atomic E-state index is 0.595. The maximum Gasteiger partial charge on any atom is 0.147 e. The predicted octanol–water partition coefficient (Wildman–Crippen LogP) is 2.36. The third-order valence-electron chi connectivity index (χ3n) is 3.52. The first-order valence-corrected chi connectivity index (χ1v) is 7.09. The van der Waals surface area contributed by atoms with Gasteiger partial charge in [-0.25, -0.2) is 4.98 Å². The van der Waals surface area contributed by atoms with Crippen LogP contribution in [-0.2, 0) is 6.54 Å². The fourth-order valence-corrected chi connectivity index (χ4v) is 2.42. The van der Waals surface area contributed by atoms with E-state index in [1.807, 2.05) is 12.4 Å². The van der Waals surface area contributed by atoms with Gasteiger partial charge in [-0.15, -0.1) is 0 Å². The van der Waals surface area contributed by atoms with E-state index in [4.69, 9.17) is 0 Å². The number of piperidine rings is 1. The van der Waals surface area contributed by atoms with Gasteiger partial charge in [-0.1, -0.05) is 6.92 Å². The Morgan fingerprint density at radius 3 is 2.89 bits per heavy atom. The quantitative estimate of drug-likeness (QED) is 0.812. The summed E-state index contributed by atoms with van der Waals surface area (Å²) >= 11 is 0. The molecule has 2 heterocycles. The van der Waals surface area contributed by atoms with Gasteiger partial charge in [-0.2, -0.15) is 0 Å². The van der Waals surface area contributed by atoms with Crippen molar-refractivity contribution in [2.24, 2.45) is 0 Å². The lowest BCUT2D eigenvalue weighted by Crippen LogP contribution is -2.38. The van der Waals surface area contributed by atoms with E-state index < -0.39 is 0 Å². The second-order valence-corrected chi connectivity index (χ2v) is 5.08. The zero-order valence-electron chi connectivity index (χ0n) is 11.5. The minimum Gasteiger partial charge on any atom is -0.353 e. The zero-order chi connectivity index (χ0) is 12.8. The Morgan fingerprint density at radius 1 is 1.33 bits per heavy atom. The smallest absolute Gasteiger partial charge is 0.147 e. The number of hydrogen-bond donors (Lipinski definition) is 1. The summed E-state index contributed by atoms with van der Waals surface area (Å²) in [6, 6.07) is 0.595. The molecular formula is C14H24N4. The molecule has 18 heavy (non-hydrogen) atoms. The van der Waals surface area contributed by atoms with Gasteiger partial charge in [0.1, 0.15) is 5.82 Å². The fourth-order valence-electron chi connectivity index (χ4n) is 2.42. The SMILES string of the molecule is CCCNCc1cnc(N2CCCCC2C)cn1. The second kappa shape index (κ2) is 6.69. The van der Waals surface area contributed by atoms with Gasteiger partial charge < -0.3 is 10.2 Å². The van der Waals surface area contributed by atoms with E-state index in [2.05, 4.69) is 34.0 Å². The maximum atomic E-state index is 4.55. The fraction of sp³-hybridized carbons (Fsp3) is 0.714. The summed E-state index contributed by atoms with van der Waals surface area (Å²) in [5.41, 5.74) is 1.02. The van der Waals surface area contributed by atoms with Crippen molar-refractivity contribution in [1.82, 2.24) is 15.3 Å². The topological polar surface area (TPSA) is 41.1 Å². The highest BCUT2D eigenvalue weighted by atomic mass is 15.2. The molecule has 0 amide bonds. The first-order valence-electron chi connectivity index (χ1n) is 7.09. The van der Waals surface area contributed by atoms with Crippen molar-refractivity contribution < 1.29 is 0 Å². The van der Waals surface area contributed by atoms with Crippen LogP contribution in [0.25, 0.3) is 0 Å². The molecule has 0 aromatic carbocycles. The molecule has 1 aromatic rings. The van der Waals surface area contributed by atoms with Crippen molar-refractivity contribution >= 4 is 5.82 Å². The van der Waals surface area contributed by atoms with Crippen molar-refractivity contribution in [3.63, 3.8) is 0 Å². The van der Waals surface area contributed by atoms with Gasteiger partial charge >= 0.3 is 0 Å². The van der Waals surface area contributed by atoms with Crippen molar-refractivity contribution in [2.45, 2.75) is 52.1 Å². The van der Waals surface area contributed by atoms with Gasteiger partial charge in [0, 0.05) is 19.1 Å². The molecule has 1 unspecified atom stereocenters. The summed E-state index contributed by atoms with van der Waals surface area (Å²) in [5, 5.41) is 3.34. The molecule has 2 rings (SSSR count). The van der Waals surface area contributed by atoms with E-state index in [1.165, 1.54) is 19.3 Å². The number of hydrogen-bond acceptors (Lipinski definition) is 4.